The number of nitrogens with two attached hydrogens (primary N) is 1. The number of aryl methyl sites for hydroxylation is 1. The molecule has 2 aromatic heterocycles. The Kier molecular flexibility index (Phi) is 7.48. The maximum atomic E-state index is 14.6. The molecule has 15 heteroatoms. The summed E-state index contributed by atoms with van der Waals surface area (Å²) in [7, 11) is 1.53. The van der Waals surface area contributed by atoms with Gasteiger partial charge in [-0.25, -0.2) is 18.4 Å². The van der Waals surface area contributed by atoms with Crippen LogP contribution in [0.3, 0.4) is 0 Å². The number of carbonyl (C=O) groups excluding carboxylic acids is 1. The van der Waals surface area contributed by atoms with Gasteiger partial charge < -0.3 is 24.5 Å². The highest BCUT2D eigenvalue weighted by Gasteiger charge is 2.37. The van der Waals surface area contributed by atoms with Crippen molar-refractivity contribution in [3.63, 3.8) is 0 Å². The molecule has 0 radical (unpaired) electrons. The van der Waals surface area contributed by atoms with Crippen LogP contribution < -0.4 is 15.2 Å². The number of carbonyl (C=O) groups is 1. The lowest BCUT2D eigenvalue weighted by Crippen LogP contribution is -2.35. The van der Waals surface area contributed by atoms with E-state index in [1.54, 1.807) is 18.3 Å². The minimum atomic E-state index is -3.18. The third-order valence-electron chi connectivity index (χ3n) is 6.85. The summed E-state index contributed by atoms with van der Waals surface area (Å²) in [6, 6.07) is 13.0. The van der Waals surface area contributed by atoms with Gasteiger partial charge in [-0.05, 0) is 17.7 Å². The first-order valence-electron chi connectivity index (χ1n) is 13.1. The number of fused-ring (bicyclic) bond motifs is 2. The highest BCUT2D eigenvalue weighted by Crippen LogP contribution is 2.49. The topological polar surface area (TPSA) is 124 Å². The van der Waals surface area contributed by atoms with Gasteiger partial charge in [0.25, 0.3) is 6.43 Å². The molecule has 0 bridgehead atoms. The second-order valence-corrected chi connectivity index (χ2v) is 9.85. The van der Waals surface area contributed by atoms with E-state index in [-0.39, 0.29) is 48.0 Å². The summed E-state index contributed by atoms with van der Waals surface area (Å²) in [5.74, 6) is -0.693. The van der Waals surface area contributed by atoms with Crippen LogP contribution in [0.1, 0.15) is 17.7 Å². The number of hydrogen-bond acceptors (Lipinski definition) is 7. The molecule has 0 saturated carbocycles. The second-order valence-electron chi connectivity index (χ2n) is 9.85. The van der Waals surface area contributed by atoms with Crippen LogP contribution in [0.25, 0.3) is 33.8 Å². The number of aromatic nitrogens is 6. The molecule has 0 saturated heterocycles. The van der Waals surface area contributed by atoms with Crippen molar-refractivity contribution in [2.75, 3.05) is 13.2 Å². The molecule has 1 atom stereocenters. The van der Waals surface area contributed by atoms with E-state index in [1.807, 2.05) is 34.9 Å². The van der Waals surface area contributed by atoms with Crippen LogP contribution in [0.2, 0.25) is 0 Å². The molecule has 1 aromatic carbocycles. The third-order valence-corrected chi connectivity index (χ3v) is 6.85. The average molecular weight is 600 g/mol. The smallest absolute Gasteiger partial charge is 0.388 e. The van der Waals surface area contributed by atoms with E-state index in [1.165, 1.54) is 22.6 Å². The maximum absolute atomic E-state index is 14.6. The molecular formula is C28H25F4N7O4. The molecule has 0 aliphatic carbocycles. The Balaban J connectivity index is 1.56. The van der Waals surface area contributed by atoms with E-state index in [4.69, 9.17) is 24.9 Å². The van der Waals surface area contributed by atoms with Crippen molar-refractivity contribution in [1.82, 2.24) is 29.1 Å². The van der Waals surface area contributed by atoms with Gasteiger partial charge in [0.2, 0.25) is 17.7 Å². The van der Waals surface area contributed by atoms with Gasteiger partial charge in [0.15, 0.2) is 0 Å². The van der Waals surface area contributed by atoms with Crippen molar-refractivity contribution < 1.29 is 36.6 Å². The standard InChI is InChI=1S/C28H25F4N7O4/c1-37-12-18(26(36-37)43-28(31)32)20-17-8-5-9-38(10-15-6-3-2-4-7-15)25(17)34-22(20)21-23(24(29)30)35-39-11-16(13-42-27(21)39)41-14-19(33)40/h2-9,12,16,24,28H,10-11,13-14H2,1H3,(H2,33,40). The molecule has 6 rings (SSSR count). The normalized spacial score (nSPS) is 14.8. The summed E-state index contributed by atoms with van der Waals surface area (Å²) in [5, 5.41) is 8.14. The number of rotatable bonds is 10. The van der Waals surface area contributed by atoms with Crippen LogP contribution in [0, 0.1) is 0 Å². The van der Waals surface area contributed by atoms with Gasteiger partial charge in [0, 0.05) is 37.1 Å². The van der Waals surface area contributed by atoms with Crippen LogP contribution >= 0.6 is 0 Å². The second kappa shape index (κ2) is 11.4. The Labute approximate surface area is 241 Å². The van der Waals surface area contributed by atoms with E-state index in [0.717, 1.165) is 5.56 Å². The molecule has 224 valence electrons. The van der Waals surface area contributed by atoms with Crippen molar-refractivity contribution in [2.45, 2.75) is 32.2 Å². The zero-order chi connectivity index (χ0) is 30.2. The Morgan fingerprint density at radius 2 is 1.88 bits per heavy atom. The molecule has 0 fully saturated rings. The van der Waals surface area contributed by atoms with Gasteiger partial charge in [-0.1, -0.05) is 30.3 Å². The zero-order valence-corrected chi connectivity index (χ0v) is 22.7. The predicted octanol–water partition coefficient (Wildman–Crippen LogP) is 4.10. The van der Waals surface area contributed by atoms with Crippen LogP contribution in [0.5, 0.6) is 11.8 Å². The lowest BCUT2D eigenvalue weighted by molar-refractivity contribution is -0.126. The quantitative estimate of drug-likeness (QED) is 0.240. The number of benzene rings is 1. The van der Waals surface area contributed by atoms with Crippen LogP contribution in [0.4, 0.5) is 17.6 Å². The summed E-state index contributed by atoms with van der Waals surface area (Å²) < 4.78 is 76.3. The van der Waals surface area contributed by atoms with Gasteiger partial charge in [-0.3, -0.25) is 9.48 Å². The Morgan fingerprint density at radius 3 is 2.60 bits per heavy atom. The fourth-order valence-corrected chi connectivity index (χ4v) is 5.15. The first-order valence-corrected chi connectivity index (χ1v) is 13.1. The van der Waals surface area contributed by atoms with E-state index in [0.29, 0.717) is 17.9 Å². The zero-order valence-electron chi connectivity index (χ0n) is 22.7. The number of pyridine rings is 1. The highest BCUT2D eigenvalue weighted by molar-refractivity contribution is 5.97. The van der Waals surface area contributed by atoms with Gasteiger partial charge in [0.1, 0.15) is 30.8 Å². The predicted molar refractivity (Wildman–Crippen MR) is 144 cm³/mol. The van der Waals surface area contributed by atoms with E-state index in [9.17, 15) is 22.4 Å². The Hall–Kier alpha value is -4.92. The molecule has 2 N–H and O–H groups in total. The number of alkyl halides is 4. The van der Waals surface area contributed by atoms with Crippen molar-refractivity contribution in [1.29, 1.82) is 0 Å². The average Bonchev–Trinajstić information content (AvgIpc) is 3.64. The number of hydrogen-bond donors (Lipinski definition) is 1. The summed E-state index contributed by atoms with van der Waals surface area (Å²) in [6.45, 7) is -3.25. The largest absolute Gasteiger partial charge is 0.474 e. The maximum Gasteiger partial charge on any atom is 0.388 e. The molecule has 3 aromatic rings. The molecule has 1 unspecified atom stereocenters. The summed E-state index contributed by atoms with van der Waals surface area (Å²) in [5.41, 5.74) is 6.27. The molecular weight excluding hydrogens is 574 g/mol. The van der Waals surface area contributed by atoms with Crippen molar-refractivity contribution in [2.24, 2.45) is 12.8 Å². The summed E-state index contributed by atoms with van der Waals surface area (Å²) >= 11 is 0. The number of halogens is 4. The van der Waals surface area contributed by atoms with Crippen LogP contribution in [-0.2, 0) is 29.7 Å². The third kappa shape index (κ3) is 5.50. The SMILES string of the molecule is Cn1cc(-c2c3cccn(Cc4ccccc4)c-3nc2-c2c(C(F)F)nn3c2OCC(OCC(N)=O)C3)c(OC(F)F)n1. The first-order chi connectivity index (χ1) is 20.7. The number of primary amides is 1. The Morgan fingerprint density at radius 1 is 1.09 bits per heavy atom. The summed E-state index contributed by atoms with van der Waals surface area (Å²) in [6.07, 6.45) is -0.481. The van der Waals surface area contributed by atoms with Crippen molar-refractivity contribution in [3.05, 3.63) is 66.1 Å². The van der Waals surface area contributed by atoms with Crippen LogP contribution in [0.15, 0.2) is 54.9 Å². The number of nitrogens with zero attached hydrogens (tertiary/aromatic N) is 6. The fourth-order valence-electron chi connectivity index (χ4n) is 5.15. The van der Waals surface area contributed by atoms with Gasteiger partial charge in [-0.15, -0.1) is 5.10 Å². The van der Waals surface area contributed by atoms with Gasteiger partial charge in [-0.2, -0.15) is 13.9 Å². The van der Waals surface area contributed by atoms with Crippen molar-refractivity contribution >= 4 is 5.91 Å². The van der Waals surface area contributed by atoms with Crippen molar-refractivity contribution in [3.8, 4) is 45.5 Å². The summed E-state index contributed by atoms with van der Waals surface area (Å²) in [4.78, 5) is 16.0. The van der Waals surface area contributed by atoms with E-state index < -0.39 is 36.6 Å². The molecule has 11 nitrogen and oxygen atoms in total. The molecule has 43 heavy (non-hydrogen) atoms. The monoisotopic (exact) mass is 599 g/mol. The van der Waals surface area contributed by atoms with E-state index >= 15 is 0 Å². The number of amides is 1. The molecule has 0 spiro atoms. The fraction of sp³-hybridized carbons (Fsp3) is 0.286. The van der Waals surface area contributed by atoms with E-state index in [2.05, 4.69) is 10.2 Å². The number of ether oxygens (including phenoxy) is 3. The Bertz CT molecular complexity index is 1730. The molecule has 5 heterocycles. The first kappa shape index (κ1) is 28.2. The lowest BCUT2D eigenvalue weighted by atomic mass is 9.98. The van der Waals surface area contributed by atoms with Gasteiger partial charge >= 0.3 is 6.61 Å². The minimum Gasteiger partial charge on any atom is -0.474 e. The molecule has 3 aliphatic rings. The minimum absolute atomic E-state index is 0.00145. The molecule has 1 amide bonds. The van der Waals surface area contributed by atoms with Crippen LogP contribution in [-0.4, -0.2) is 60.9 Å². The van der Waals surface area contributed by atoms with Gasteiger partial charge in [0.05, 0.1) is 23.4 Å². The molecule has 3 aliphatic heterocycles. The lowest BCUT2D eigenvalue weighted by Gasteiger charge is -2.24. The highest BCUT2D eigenvalue weighted by atomic mass is 19.3.